The molecule has 98 valence electrons. The molecule has 0 aromatic rings. The first kappa shape index (κ1) is 14.4. The van der Waals surface area contributed by atoms with E-state index in [1.807, 2.05) is 0 Å². The zero-order valence-corrected chi connectivity index (χ0v) is 11.3. The van der Waals surface area contributed by atoms with Gasteiger partial charge in [0, 0.05) is 19.6 Å². The van der Waals surface area contributed by atoms with E-state index < -0.39 is 0 Å². The minimum atomic E-state index is -0.0278. The van der Waals surface area contributed by atoms with E-state index in [0.29, 0.717) is 0 Å². The fourth-order valence-corrected chi connectivity index (χ4v) is 2.50. The van der Waals surface area contributed by atoms with Crippen LogP contribution in [-0.2, 0) is 9.53 Å². The second-order valence-electron chi connectivity index (χ2n) is 4.96. The third-order valence-corrected chi connectivity index (χ3v) is 3.38. The lowest BCUT2D eigenvalue weighted by Crippen LogP contribution is -2.24. The highest BCUT2D eigenvalue weighted by Gasteiger charge is 2.22. The first-order valence-electron chi connectivity index (χ1n) is 6.57. The fourth-order valence-electron chi connectivity index (χ4n) is 2.50. The van der Waals surface area contributed by atoms with Gasteiger partial charge in [0.15, 0.2) is 0 Å². The summed E-state index contributed by atoms with van der Waals surface area (Å²) >= 11 is 0. The number of carbonyl (C=O) groups excluding carboxylic acids is 1. The maximum Gasteiger partial charge on any atom is 0.125 e. The van der Waals surface area contributed by atoms with Crippen molar-refractivity contribution in [2.45, 2.75) is 38.7 Å². The standard InChI is InChI=1S/C14H25NO2/c1-4-8-15(2)10-12-6-5-7-13(11-16)14(9-12)17-3/h9,11,13-14H,4-8,10H2,1-3H3. The molecule has 0 aromatic heterocycles. The zero-order chi connectivity index (χ0) is 12.7. The molecule has 0 aromatic carbocycles. The van der Waals surface area contributed by atoms with Crippen molar-refractivity contribution in [3.05, 3.63) is 11.6 Å². The molecule has 0 aliphatic heterocycles. The fraction of sp³-hybridized carbons (Fsp3) is 0.786. The Hall–Kier alpha value is -0.670. The van der Waals surface area contributed by atoms with E-state index in [-0.39, 0.29) is 12.0 Å². The predicted octanol–water partition coefficient (Wildman–Crippen LogP) is 2.27. The second kappa shape index (κ2) is 7.62. The Labute approximate surface area is 105 Å². The smallest absolute Gasteiger partial charge is 0.125 e. The minimum Gasteiger partial charge on any atom is -0.377 e. The lowest BCUT2D eigenvalue weighted by molar-refractivity contribution is -0.114. The van der Waals surface area contributed by atoms with E-state index in [9.17, 15) is 4.79 Å². The van der Waals surface area contributed by atoms with Crippen LogP contribution in [0.3, 0.4) is 0 Å². The second-order valence-corrected chi connectivity index (χ2v) is 4.96. The molecule has 0 radical (unpaired) electrons. The van der Waals surface area contributed by atoms with Gasteiger partial charge in [-0.15, -0.1) is 0 Å². The van der Waals surface area contributed by atoms with E-state index in [4.69, 9.17) is 4.74 Å². The highest BCUT2D eigenvalue weighted by molar-refractivity contribution is 5.55. The van der Waals surface area contributed by atoms with Gasteiger partial charge in [-0.2, -0.15) is 0 Å². The predicted molar refractivity (Wildman–Crippen MR) is 70.1 cm³/mol. The van der Waals surface area contributed by atoms with Crippen molar-refractivity contribution in [1.82, 2.24) is 4.90 Å². The van der Waals surface area contributed by atoms with Gasteiger partial charge in [-0.1, -0.05) is 18.6 Å². The van der Waals surface area contributed by atoms with Crippen LogP contribution in [0.25, 0.3) is 0 Å². The first-order valence-corrected chi connectivity index (χ1v) is 6.57. The summed E-state index contributed by atoms with van der Waals surface area (Å²) < 4.78 is 5.42. The Balaban J connectivity index is 2.63. The van der Waals surface area contributed by atoms with Crippen molar-refractivity contribution in [2.24, 2.45) is 5.92 Å². The van der Waals surface area contributed by atoms with Crippen molar-refractivity contribution in [3.8, 4) is 0 Å². The average Bonchev–Trinajstić information content (AvgIpc) is 2.50. The van der Waals surface area contributed by atoms with Crippen molar-refractivity contribution in [2.75, 3.05) is 27.2 Å². The molecule has 17 heavy (non-hydrogen) atoms. The summed E-state index contributed by atoms with van der Waals surface area (Å²) in [7, 11) is 3.84. The number of hydrogen-bond acceptors (Lipinski definition) is 3. The Bertz CT molecular complexity index is 263. The van der Waals surface area contributed by atoms with E-state index in [1.165, 1.54) is 12.0 Å². The molecule has 0 saturated carbocycles. The third-order valence-electron chi connectivity index (χ3n) is 3.38. The summed E-state index contributed by atoms with van der Waals surface area (Å²) in [4.78, 5) is 13.3. The zero-order valence-electron chi connectivity index (χ0n) is 11.3. The molecule has 0 heterocycles. The normalized spacial score (nSPS) is 25.5. The van der Waals surface area contributed by atoms with Crippen LogP contribution >= 0.6 is 0 Å². The van der Waals surface area contributed by atoms with Gasteiger partial charge in [0.25, 0.3) is 0 Å². The molecular weight excluding hydrogens is 214 g/mol. The van der Waals surface area contributed by atoms with Gasteiger partial charge in [-0.05, 0) is 39.3 Å². The largest absolute Gasteiger partial charge is 0.377 e. The number of methoxy groups -OCH3 is 1. The van der Waals surface area contributed by atoms with E-state index in [1.54, 1.807) is 7.11 Å². The van der Waals surface area contributed by atoms with Gasteiger partial charge < -0.3 is 14.4 Å². The SMILES string of the molecule is CCCN(C)CC1=CC(OC)C(C=O)CCC1. The number of rotatable bonds is 6. The molecule has 0 fully saturated rings. The van der Waals surface area contributed by atoms with E-state index >= 15 is 0 Å². The van der Waals surface area contributed by atoms with Crippen LogP contribution in [0, 0.1) is 5.92 Å². The number of carbonyl (C=O) groups is 1. The van der Waals surface area contributed by atoms with Gasteiger partial charge >= 0.3 is 0 Å². The highest BCUT2D eigenvalue weighted by Crippen LogP contribution is 2.23. The summed E-state index contributed by atoms with van der Waals surface area (Å²) in [6, 6.07) is 0. The van der Waals surface area contributed by atoms with Gasteiger partial charge in [-0.25, -0.2) is 0 Å². The Morgan fingerprint density at radius 3 is 2.94 bits per heavy atom. The molecule has 1 aliphatic rings. The van der Waals surface area contributed by atoms with Gasteiger partial charge in [0.05, 0.1) is 6.10 Å². The molecule has 0 N–H and O–H groups in total. The Kier molecular flexibility index (Phi) is 6.45. The average molecular weight is 239 g/mol. The summed E-state index contributed by atoms with van der Waals surface area (Å²) in [6.07, 6.45) is 7.49. The number of hydrogen-bond donors (Lipinski definition) is 0. The van der Waals surface area contributed by atoms with E-state index in [0.717, 1.165) is 38.6 Å². The topological polar surface area (TPSA) is 29.5 Å². The van der Waals surface area contributed by atoms with Crippen LogP contribution in [0.2, 0.25) is 0 Å². The van der Waals surface area contributed by atoms with Crippen molar-refractivity contribution < 1.29 is 9.53 Å². The molecule has 0 amide bonds. The van der Waals surface area contributed by atoms with Crippen LogP contribution in [0.1, 0.15) is 32.6 Å². The lowest BCUT2D eigenvalue weighted by atomic mass is 10.0. The van der Waals surface area contributed by atoms with Crippen LogP contribution in [0.4, 0.5) is 0 Å². The van der Waals surface area contributed by atoms with Crippen LogP contribution in [0.5, 0.6) is 0 Å². The van der Waals surface area contributed by atoms with E-state index in [2.05, 4.69) is 24.9 Å². The maximum absolute atomic E-state index is 11.0. The molecule has 3 heteroatoms. The molecule has 3 nitrogen and oxygen atoms in total. The molecular formula is C14H25NO2. The molecule has 2 unspecified atom stereocenters. The number of nitrogens with zero attached hydrogens (tertiary/aromatic N) is 1. The molecule has 1 aliphatic carbocycles. The van der Waals surface area contributed by atoms with Crippen molar-refractivity contribution in [3.63, 3.8) is 0 Å². The Morgan fingerprint density at radius 2 is 2.35 bits per heavy atom. The molecule has 0 bridgehead atoms. The minimum absolute atomic E-state index is 0.0278. The first-order chi connectivity index (χ1) is 8.21. The molecule has 1 rings (SSSR count). The van der Waals surface area contributed by atoms with Gasteiger partial charge in [-0.3, -0.25) is 0 Å². The van der Waals surface area contributed by atoms with Crippen LogP contribution in [0.15, 0.2) is 11.6 Å². The maximum atomic E-state index is 11.0. The quantitative estimate of drug-likeness (QED) is 0.526. The van der Waals surface area contributed by atoms with Crippen LogP contribution < -0.4 is 0 Å². The highest BCUT2D eigenvalue weighted by atomic mass is 16.5. The van der Waals surface area contributed by atoms with Crippen LogP contribution in [-0.4, -0.2) is 44.5 Å². The summed E-state index contributed by atoms with van der Waals surface area (Å²) in [5.74, 6) is 0.0361. The molecule has 0 saturated heterocycles. The lowest BCUT2D eigenvalue weighted by Gasteiger charge is -2.19. The van der Waals surface area contributed by atoms with Crippen molar-refractivity contribution in [1.29, 1.82) is 0 Å². The summed E-state index contributed by atoms with van der Waals surface area (Å²) in [5.41, 5.74) is 1.41. The van der Waals surface area contributed by atoms with Gasteiger partial charge in [0.1, 0.15) is 6.29 Å². The number of ether oxygens (including phenoxy) is 1. The van der Waals surface area contributed by atoms with Crippen molar-refractivity contribution >= 4 is 6.29 Å². The summed E-state index contributed by atoms with van der Waals surface area (Å²) in [5, 5.41) is 0. The van der Waals surface area contributed by atoms with Gasteiger partial charge in [0.2, 0.25) is 0 Å². The third kappa shape index (κ3) is 4.60. The number of likely N-dealkylation sites (N-methyl/N-ethyl adjacent to an activating group) is 1. The molecule has 2 atom stereocenters. The number of aldehydes is 1. The monoisotopic (exact) mass is 239 g/mol. The summed E-state index contributed by atoms with van der Waals surface area (Å²) in [6.45, 7) is 4.31. The Morgan fingerprint density at radius 1 is 1.59 bits per heavy atom. The molecule has 0 spiro atoms.